The lowest BCUT2D eigenvalue weighted by atomic mass is 9.62. The summed E-state index contributed by atoms with van der Waals surface area (Å²) in [6.07, 6.45) is 2.91. The van der Waals surface area contributed by atoms with Crippen LogP contribution in [0.3, 0.4) is 0 Å². The number of pyridine rings is 1. The third-order valence-corrected chi connectivity index (χ3v) is 8.63. The van der Waals surface area contributed by atoms with Gasteiger partial charge in [0.2, 0.25) is 5.69 Å². The molecule has 190 valence electrons. The summed E-state index contributed by atoms with van der Waals surface area (Å²) in [6.45, 7) is 15.5. The Morgan fingerprint density at radius 1 is 0.919 bits per heavy atom. The van der Waals surface area contributed by atoms with Gasteiger partial charge in [-0.05, 0) is 88.0 Å². The molecule has 37 heavy (non-hydrogen) atoms. The molecule has 0 bridgehead atoms. The second-order valence-electron chi connectivity index (χ2n) is 12.8. The monoisotopic (exact) mass is 492 g/mol. The molecule has 2 heteroatoms. The Bertz CT molecular complexity index is 1790. The molecule has 0 aliphatic heterocycles. The van der Waals surface area contributed by atoms with Crippen LogP contribution < -0.4 is 4.57 Å². The first kappa shape index (κ1) is 21.9. The Balaban J connectivity index is 1.65. The third kappa shape index (κ3) is 3.79. The van der Waals surface area contributed by atoms with E-state index in [1.807, 2.05) is 39.2 Å². The fraction of sp³-hybridized carbons (Fsp3) is 0.400. The Hall–Kier alpha value is -3.13. The molecular formula is C35H40NO+. The number of furan rings is 1. The Morgan fingerprint density at radius 3 is 2.43 bits per heavy atom. The lowest BCUT2D eigenvalue weighted by Crippen LogP contribution is -2.34. The number of hydrogen-bond acceptors (Lipinski definition) is 1. The summed E-state index contributed by atoms with van der Waals surface area (Å²) in [6, 6.07) is 17.5. The van der Waals surface area contributed by atoms with Crippen LogP contribution >= 0.6 is 0 Å². The number of benzene rings is 3. The average molecular weight is 493 g/mol. The zero-order valence-corrected chi connectivity index (χ0v) is 23.5. The van der Waals surface area contributed by atoms with Crippen LogP contribution in [0.4, 0.5) is 0 Å². The molecule has 0 unspecified atom stereocenters. The minimum Gasteiger partial charge on any atom is -0.455 e. The maximum Gasteiger partial charge on any atom is 0.216 e. The van der Waals surface area contributed by atoms with Crippen molar-refractivity contribution in [3.05, 3.63) is 77.0 Å². The summed E-state index contributed by atoms with van der Waals surface area (Å²) in [4.78, 5) is 0. The van der Waals surface area contributed by atoms with Gasteiger partial charge in [-0.2, -0.15) is 0 Å². The van der Waals surface area contributed by atoms with Crippen molar-refractivity contribution >= 4 is 32.7 Å². The van der Waals surface area contributed by atoms with Crippen molar-refractivity contribution < 1.29 is 11.7 Å². The van der Waals surface area contributed by atoms with Gasteiger partial charge >= 0.3 is 0 Å². The highest BCUT2D eigenvalue weighted by Gasteiger charge is 2.38. The summed E-state index contributed by atoms with van der Waals surface area (Å²) < 4.78 is 26.3. The van der Waals surface area contributed by atoms with Gasteiger partial charge in [0.1, 0.15) is 18.2 Å². The second kappa shape index (κ2) is 8.18. The van der Waals surface area contributed by atoms with Gasteiger partial charge in [-0.25, -0.2) is 4.57 Å². The molecule has 2 aromatic heterocycles. The van der Waals surface area contributed by atoms with Crippen molar-refractivity contribution in [2.24, 2.45) is 13.0 Å². The summed E-state index contributed by atoms with van der Waals surface area (Å²) in [5.74, 6) is -0.131. The fourth-order valence-corrected chi connectivity index (χ4v) is 6.49. The number of aromatic nitrogens is 1. The van der Waals surface area contributed by atoms with Crippen LogP contribution in [0.2, 0.25) is 0 Å². The fourth-order valence-electron chi connectivity index (χ4n) is 6.49. The Morgan fingerprint density at radius 2 is 1.68 bits per heavy atom. The first-order chi connectivity index (χ1) is 18.2. The first-order valence-corrected chi connectivity index (χ1v) is 13.7. The van der Waals surface area contributed by atoms with Gasteiger partial charge in [-0.15, -0.1) is 0 Å². The first-order valence-electron chi connectivity index (χ1n) is 14.7. The van der Waals surface area contributed by atoms with Crippen molar-refractivity contribution in [2.75, 3.05) is 0 Å². The molecule has 0 radical (unpaired) electrons. The van der Waals surface area contributed by atoms with Crippen LogP contribution in [0.25, 0.3) is 44.0 Å². The quantitative estimate of drug-likeness (QED) is 0.230. The van der Waals surface area contributed by atoms with E-state index in [9.17, 15) is 0 Å². The van der Waals surface area contributed by atoms with Crippen molar-refractivity contribution in [3.8, 4) is 11.3 Å². The minimum atomic E-state index is -1.42. The smallest absolute Gasteiger partial charge is 0.216 e. The summed E-state index contributed by atoms with van der Waals surface area (Å²) in [7, 11) is 2.02. The molecule has 5 aromatic rings. The molecule has 3 aromatic carbocycles. The number of hydrogen-bond donors (Lipinski definition) is 0. The van der Waals surface area contributed by atoms with E-state index in [0.717, 1.165) is 38.8 Å². The molecule has 6 rings (SSSR count). The molecule has 1 aliphatic rings. The van der Waals surface area contributed by atoms with Crippen molar-refractivity contribution in [1.29, 1.82) is 0 Å². The van der Waals surface area contributed by atoms with E-state index in [-0.39, 0.29) is 16.7 Å². The third-order valence-electron chi connectivity index (χ3n) is 8.63. The molecule has 0 fully saturated rings. The van der Waals surface area contributed by atoms with Gasteiger partial charge in [0.05, 0.1) is 5.56 Å². The molecule has 0 amide bonds. The van der Waals surface area contributed by atoms with Crippen LogP contribution in [-0.4, -0.2) is 0 Å². The molecular weight excluding hydrogens is 450 g/mol. The van der Waals surface area contributed by atoms with Gasteiger partial charge < -0.3 is 4.42 Å². The Labute approximate surface area is 224 Å². The van der Waals surface area contributed by atoms with Gasteiger partial charge in [0.25, 0.3) is 0 Å². The molecule has 0 saturated carbocycles. The van der Waals surface area contributed by atoms with Crippen LogP contribution in [-0.2, 0) is 24.3 Å². The van der Waals surface area contributed by atoms with Crippen LogP contribution in [0.15, 0.2) is 59.1 Å². The van der Waals surface area contributed by atoms with Gasteiger partial charge in [0, 0.05) is 25.6 Å². The Kier molecular flexibility index (Phi) is 4.85. The van der Waals surface area contributed by atoms with E-state index in [4.69, 9.17) is 7.16 Å². The van der Waals surface area contributed by atoms with Crippen LogP contribution in [0, 0.1) is 12.8 Å². The molecule has 0 saturated heterocycles. The molecule has 0 spiro atoms. The van der Waals surface area contributed by atoms with Gasteiger partial charge in [-0.1, -0.05) is 65.8 Å². The average Bonchev–Trinajstić information content (AvgIpc) is 3.22. The highest BCUT2D eigenvalue weighted by Crippen LogP contribution is 2.49. The van der Waals surface area contributed by atoms with E-state index < -0.39 is 6.37 Å². The SMILES string of the molecule is [2H]C([2H])(c1cc[n+](C)c(-c2c(C)ccc3c2oc2cc4c5c(ccc4cc23)C(C)(C)CCC5(C)C)c1)C(C)C. The molecule has 2 heterocycles. The van der Waals surface area contributed by atoms with E-state index in [2.05, 4.69) is 75.6 Å². The van der Waals surface area contributed by atoms with E-state index in [0.29, 0.717) is 5.56 Å². The maximum atomic E-state index is 8.71. The molecule has 1 aliphatic carbocycles. The van der Waals surface area contributed by atoms with E-state index in [1.165, 1.54) is 34.7 Å². The number of aryl methyl sites for hydroxylation is 2. The van der Waals surface area contributed by atoms with Crippen molar-refractivity contribution in [3.63, 3.8) is 0 Å². The zero-order valence-electron chi connectivity index (χ0n) is 25.5. The van der Waals surface area contributed by atoms with Gasteiger partial charge in [0.15, 0.2) is 6.20 Å². The second-order valence-corrected chi connectivity index (χ2v) is 12.8. The maximum absolute atomic E-state index is 8.71. The standard InChI is InChI=1S/C35H40NO/c1-21(2)17-23-13-16-36(8)29(18-23)31-22(3)9-11-25-27-19-24-10-12-28-32(26(24)20-30(27)37-33(25)31)35(6,7)15-14-34(28,4)5/h9-13,16,18-21H,14-15,17H2,1-8H3/q+1/i17D2. The largest absolute Gasteiger partial charge is 0.455 e. The van der Waals surface area contributed by atoms with Crippen molar-refractivity contribution in [2.45, 2.75) is 78.5 Å². The van der Waals surface area contributed by atoms with Crippen molar-refractivity contribution in [1.82, 2.24) is 0 Å². The predicted molar refractivity (Wildman–Crippen MR) is 156 cm³/mol. The highest BCUT2D eigenvalue weighted by atomic mass is 16.3. The lowest BCUT2D eigenvalue weighted by Gasteiger charge is -2.42. The van der Waals surface area contributed by atoms with Gasteiger partial charge in [-0.3, -0.25) is 0 Å². The highest BCUT2D eigenvalue weighted by molar-refractivity contribution is 6.13. The van der Waals surface area contributed by atoms with E-state index in [1.54, 1.807) is 0 Å². The summed E-state index contributed by atoms with van der Waals surface area (Å²) in [5.41, 5.74) is 8.77. The number of rotatable bonds is 3. The topological polar surface area (TPSA) is 17.0 Å². The van der Waals surface area contributed by atoms with E-state index >= 15 is 0 Å². The predicted octanol–water partition coefficient (Wildman–Crippen LogP) is 9.09. The minimum absolute atomic E-state index is 0.107. The molecule has 0 atom stereocenters. The lowest BCUT2D eigenvalue weighted by molar-refractivity contribution is -0.660. The van der Waals surface area contributed by atoms with Crippen LogP contribution in [0.5, 0.6) is 0 Å². The number of fused-ring (bicyclic) bond motifs is 6. The molecule has 0 N–H and O–H groups in total. The zero-order chi connectivity index (χ0) is 28.1. The number of nitrogens with zero attached hydrogens (tertiary/aromatic N) is 1. The van der Waals surface area contributed by atoms with Crippen LogP contribution in [0.1, 0.15) is 79.4 Å². The summed E-state index contributed by atoms with van der Waals surface area (Å²) in [5, 5.41) is 4.78. The summed E-state index contributed by atoms with van der Waals surface area (Å²) >= 11 is 0. The normalized spacial score (nSPS) is 17.9. The molecule has 2 nitrogen and oxygen atoms in total.